The number of nitrogens with zero attached hydrogens (tertiary/aromatic N) is 1. The third-order valence-corrected chi connectivity index (χ3v) is 6.70. The average Bonchev–Trinajstić information content (AvgIpc) is 3.13. The highest BCUT2D eigenvalue weighted by molar-refractivity contribution is 7.89. The molecule has 0 saturated carbocycles. The summed E-state index contributed by atoms with van der Waals surface area (Å²) in [5.41, 5.74) is 0.600. The lowest BCUT2D eigenvalue weighted by atomic mass is 10.2. The summed E-state index contributed by atoms with van der Waals surface area (Å²) in [6.07, 6.45) is 1.73. The number of halogens is 2. The summed E-state index contributed by atoms with van der Waals surface area (Å²) in [5.74, 6) is -0.455. The number of carbonyl (C=O) groups excluding carboxylic acids is 1. The van der Waals surface area contributed by atoms with Crippen LogP contribution in [0.25, 0.3) is 0 Å². The summed E-state index contributed by atoms with van der Waals surface area (Å²) in [7, 11) is -3.54. The number of benzene rings is 2. The van der Waals surface area contributed by atoms with E-state index in [0.29, 0.717) is 18.8 Å². The van der Waals surface area contributed by atoms with Crippen LogP contribution in [0.3, 0.4) is 0 Å². The lowest BCUT2D eigenvalue weighted by Crippen LogP contribution is -2.27. The number of anilines is 1. The Balaban J connectivity index is 1.85. The zero-order chi connectivity index (χ0) is 18.0. The molecule has 8 heteroatoms. The number of amides is 1. The molecule has 25 heavy (non-hydrogen) atoms. The lowest BCUT2D eigenvalue weighted by molar-refractivity contribution is 0.102. The van der Waals surface area contributed by atoms with E-state index in [1.54, 1.807) is 30.3 Å². The molecule has 0 unspecified atom stereocenters. The summed E-state index contributed by atoms with van der Waals surface area (Å²) in [6, 6.07) is 11.0. The molecule has 0 aliphatic carbocycles. The van der Waals surface area contributed by atoms with Gasteiger partial charge in [-0.1, -0.05) is 35.3 Å². The van der Waals surface area contributed by atoms with Crippen LogP contribution in [0.15, 0.2) is 47.4 Å². The van der Waals surface area contributed by atoms with E-state index in [2.05, 4.69) is 5.32 Å². The van der Waals surface area contributed by atoms with E-state index in [9.17, 15) is 13.2 Å². The first-order valence-corrected chi connectivity index (χ1v) is 9.95. The van der Waals surface area contributed by atoms with Crippen LogP contribution in [0.2, 0.25) is 10.0 Å². The molecule has 2 aromatic carbocycles. The molecule has 2 aromatic rings. The van der Waals surface area contributed by atoms with Crippen molar-refractivity contribution in [3.8, 4) is 0 Å². The molecular formula is C17H16Cl2N2O3S. The first-order valence-electron chi connectivity index (χ1n) is 7.75. The van der Waals surface area contributed by atoms with Crippen LogP contribution in [0.1, 0.15) is 23.2 Å². The van der Waals surface area contributed by atoms with Crippen LogP contribution in [0, 0.1) is 0 Å². The summed E-state index contributed by atoms with van der Waals surface area (Å²) >= 11 is 12.0. The molecule has 0 bridgehead atoms. The number of hydrogen-bond donors (Lipinski definition) is 1. The molecule has 5 nitrogen and oxygen atoms in total. The molecule has 1 saturated heterocycles. The van der Waals surface area contributed by atoms with Gasteiger partial charge in [-0.25, -0.2) is 8.42 Å². The van der Waals surface area contributed by atoms with E-state index >= 15 is 0 Å². The molecule has 1 aliphatic heterocycles. The van der Waals surface area contributed by atoms with Gasteiger partial charge < -0.3 is 5.32 Å². The van der Waals surface area contributed by atoms with E-state index in [1.807, 2.05) is 0 Å². The molecule has 3 rings (SSSR count). The zero-order valence-electron chi connectivity index (χ0n) is 13.2. The topological polar surface area (TPSA) is 66.5 Å². The van der Waals surface area contributed by atoms with Gasteiger partial charge in [0.1, 0.15) is 0 Å². The number of sulfonamides is 1. The van der Waals surface area contributed by atoms with E-state index in [-0.39, 0.29) is 20.5 Å². The Hall–Kier alpha value is -1.60. The van der Waals surface area contributed by atoms with E-state index in [4.69, 9.17) is 23.2 Å². The normalized spacial score (nSPS) is 15.3. The first-order chi connectivity index (χ1) is 11.9. The Bertz CT molecular complexity index is 910. The SMILES string of the molecule is O=C(Nc1cccc(S(=O)(=O)N2CCCC2)c1)c1cccc(Cl)c1Cl. The Morgan fingerprint density at radius 3 is 2.44 bits per heavy atom. The molecule has 1 fully saturated rings. The largest absolute Gasteiger partial charge is 0.322 e. The second-order valence-corrected chi connectivity index (χ2v) is 8.42. The maximum absolute atomic E-state index is 12.6. The third-order valence-electron chi connectivity index (χ3n) is 3.99. The fourth-order valence-corrected chi connectivity index (χ4v) is 4.64. The lowest BCUT2D eigenvalue weighted by Gasteiger charge is -2.16. The summed E-state index contributed by atoms with van der Waals surface area (Å²) in [6.45, 7) is 1.05. The maximum Gasteiger partial charge on any atom is 0.257 e. The second kappa shape index (κ2) is 7.33. The van der Waals surface area contributed by atoms with Crippen molar-refractivity contribution in [1.82, 2.24) is 4.31 Å². The van der Waals surface area contributed by atoms with Gasteiger partial charge in [0.2, 0.25) is 10.0 Å². The molecule has 0 aromatic heterocycles. The Morgan fingerprint density at radius 2 is 1.72 bits per heavy atom. The van der Waals surface area contributed by atoms with E-state index in [0.717, 1.165) is 12.8 Å². The molecular weight excluding hydrogens is 383 g/mol. The summed E-state index contributed by atoms with van der Waals surface area (Å²) in [4.78, 5) is 12.5. The highest BCUT2D eigenvalue weighted by atomic mass is 35.5. The van der Waals surface area contributed by atoms with Crippen LogP contribution >= 0.6 is 23.2 Å². The fourth-order valence-electron chi connectivity index (χ4n) is 2.69. The standard InChI is InChI=1S/C17H16Cl2N2O3S/c18-15-8-4-7-14(16(15)19)17(22)20-12-5-3-6-13(11-12)25(23,24)21-9-1-2-10-21/h3-8,11H,1-2,9-10H2,(H,20,22). The number of carbonyl (C=O) groups is 1. The molecule has 1 aliphatic rings. The van der Waals surface area contributed by atoms with Gasteiger partial charge in [-0.2, -0.15) is 4.31 Å². The quantitative estimate of drug-likeness (QED) is 0.844. The minimum absolute atomic E-state index is 0.155. The molecule has 0 spiro atoms. The Kier molecular flexibility index (Phi) is 5.34. The minimum atomic E-state index is -3.54. The Labute approximate surface area is 156 Å². The predicted octanol–water partition coefficient (Wildman–Crippen LogP) is 4.03. The average molecular weight is 399 g/mol. The van der Waals surface area contributed by atoms with Gasteiger partial charge in [-0.3, -0.25) is 4.79 Å². The number of hydrogen-bond acceptors (Lipinski definition) is 3. The fraction of sp³-hybridized carbons (Fsp3) is 0.235. The number of rotatable bonds is 4. The molecule has 132 valence electrons. The van der Waals surface area contributed by atoms with Crippen molar-refractivity contribution >= 4 is 44.8 Å². The van der Waals surface area contributed by atoms with Gasteiger partial charge in [0.15, 0.2) is 0 Å². The Morgan fingerprint density at radius 1 is 1.04 bits per heavy atom. The molecule has 0 radical (unpaired) electrons. The third kappa shape index (κ3) is 3.82. The van der Waals surface area contributed by atoms with Crippen molar-refractivity contribution < 1.29 is 13.2 Å². The van der Waals surface area contributed by atoms with Crippen LogP contribution in [0.4, 0.5) is 5.69 Å². The highest BCUT2D eigenvalue weighted by Gasteiger charge is 2.27. The van der Waals surface area contributed by atoms with Crippen molar-refractivity contribution in [2.24, 2.45) is 0 Å². The van der Waals surface area contributed by atoms with Gasteiger partial charge in [0, 0.05) is 18.8 Å². The summed E-state index contributed by atoms with van der Waals surface area (Å²) in [5, 5.41) is 3.10. The minimum Gasteiger partial charge on any atom is -0.322 e. The van der Waals surface area contributed by atoms with Gasteiger partial charge in [0.05, 0.1) is 20.5 Å². The van der Waals surface area contributed by atoms with Crippen molar-refractivity contribution in [3.63, 3.8) is 0 Å². The van der Waals surface area contributed by atoms with Gasteiger partial charge in [0.25, 0.3) is 5.91 Å². The smallest absolute Gasteiger partial charge is 0.257 e. The molecule has 0 atom stereocenters. The van der Waals surface area contributed by atoms with E-state index in [1.165, 1.54) is 16.4 Å². The van der Waals surface area contributed by atoms with Crippen LogP contribution in [0.5, 0.6) is 0 Å². The number of nitrogens with one attached hydrogen (secondary N) is 1. The highest BCUT2D eigenvalue weighted by Crippen LogP contribution is 2.27. The first kappa shape index (κ1) is 18.2. The van der Waals surface area contributed by atoms with Crippen LogP contribution in [-0.2, 0) is 10.0 Å². The molecule has 1 amide bonds. The van der Waals surface area contributed by atoms with E-state index < -0.39 is 15.9 Å². The molecule has 1 heterocycles. The molecule has 1 N–H and O–H groups in total. The van der Waals surface area contributed by atoms with Gasteiger partial charge in [-0.15, -0.1) is 0 Å². The van der Waals surface area contributed by atoms with Gasteiger partial charge >= 0.3 is 0 Å². The zero-order valence-corrected chi connectivity index (χ0v) is 15.5. The van der Waals surface area contributed by atoms with Crippen molar-refractivity contribution in [3.05, 3.63) is 58.1 Å². The van der Waals surface area contributed by atoms with Crippen molar-refractivity contribution in [1.29, 1.82) is 0 Å². The summed E-state index contributed by atoms with van der Waals surface area (Å²) < 4.78 is 26.7. The predicted molar refractivity (Wildman–Crippen MR) is 98.9 cm³/mol. The van der Waals surface area contributed by atoms with Crippen molar-refractivity contribution in [2.75, 3.05) is 18.4 Å². The second-order valence-electron chi connectivity index (χ2n) is 5.69. The van der Waals surface area contributed by atoms with Crippen molar-refractivity contribution in [2.45, 2.75) is 17.7 Å². The van der Waals surface area contributed by atoms with Crippen LogP contribution < -0.4 is 5.32 Å². The van der Waals surface area contributed by atoms with Crippen LogP contribution in [-0.4, -0.2) is 31.7 Å². The maximum atomic E-state index is 12.6. The van der Waals surface area contributed by atoms with Gasteiger partial charge in [-0.05, 0) is 43.2 Å². The monoisotopic (exact) mass is 398 g/mol.